The van der Waals surface area contributed by atoms with Crippen LogP contribution in [0.2, 0.25) is 0 Å². The Morgan fingerprint density at radius 2 is 0.594 bits per heavy atom. The summed E-state index contributed by atoms with van der Waals surface area (Å²) in [6, 6.07) is 0. The van der Waals surface area contributed by atoms with E-state index in [0.717, 1.165) is 0 Å². The number of carboxylic acids is 4. The van der Waals surface area contributed by atoms with Crippen molar-refractivity contribution in [1.82, 2.24) is 0 Å². The highest BCUT2D eigenvalue weighted by Gasteiger charge is 2.00. The van der Waals surface area contributed by atoms with Crippen LogP contribution in [0.15, 0.2) is 0 Å². The van der Waals surface area contributed by atoms with Crippen molar-refractivity contribution in [2.45, 2.75) is 63.6 Å². The number of aliphatic hydroxyl groups is 6. The largest absolute Gasteiger partial charge is 0.481 e. The lowest BCUT2D eigenvalue weighted by Gasteiger charge is -1.96. The van der Waals surface area contributed by atoms with Crippen LogP contribution in [0.4, 0.5) is 0 Å². The average molecular weight is 476 g/mol. The highest BCUT2D eigenvalue weighted by atomic mass is 16.4. The molecule has 0 saturated carbocycles. The fourth-order valence-electron chi connectivity index (χ4n) is 1.22. The normalized spacial score (nSPS) is 9.50. The van der Waals surface area contributed by atoms with Gasteiger partial charge in [-0.2, -0.15) is 0 Å². The van der Waals surface area contributed by atoms with Crippen molar-refractivity contribution in [3.05, 3.63) is 0 Å². The Hall–Kier alpha value is -2.36. The zero-order valence-corrected chi connectivity index (χ0v) is 17.7. The number of hydrogen-bond donors (Lipinski definition) is 10. The summed E-state index contributed by atoms with van der Waals surface area (Å²) in [5.41, 5.74) is 0. The van der Waals surface area contributed by atoms with Crippen molar-refractivity contribution in [1.29, 1.82) is 0 Å². The topological polar surface area (TPSA) is 271 Å². The smallest absolute Gasteiger partial charge is 0.303 e. The lowest BCUT2D eigenvalue weighted by molar-refractivity contribution is -0.139. The molecule has 0 saturated heterocycles. The summed E-state index contributed by atoms with van der Waals surface area (Å²) in [4.78, 5) is 39.6. The molecule has 0 radical (unpaired) electrons. The van der Waals surface area contributed by atoms with E-state index in [4.69, 9.17) is 51.1 Å². The maximum absolute atomic E-state index is 9.90. The molecule has 0 aromatic heterocycles. The minimum Gasteiger partial charge on any atom is -0.481 e. The van der Waals surface area contributed by atoms with E-state index in [2.05, 4.69) is 0 Å². The van der Waals surface area contributed by atoms with Gasteiger partial charge in [-0.05, 0) is 25.7 Å². The van der Waals surface area contributed by atoms with Crippen LogP contribution < -0.4 is 0 Å². The van der Waals surface area contributed by atoms with Gasteiger partial charge in [-0.1, -0.05) is 0 Å². The van der Waals surface area contributed by atoms with Gasteiger partial charge in [0.15, 0.2) is 0 Å². The third kappa shape index (κ3) is 50.9. The molecule has 0 atom stereocenters. The molecule has 0 aliphatic carbocycles. The first-order valence-electron chi connectivity index (χ1n) is 9.54. The van der Waals surface area contributed by atoms with E-state index in [-0.39, 0.29) is 52.1 Å². The molecule has 14 heteroatoms. The van der Waals surface area contributed by atoms with Gasteiger partial charge >= 0.3 is 23.9 Å². The van der Waals surface area contributed by atoms with Crippen molar-refractivity contribution < 1.29 is 70.2 Å². The molecule has 0 aromatic rings. The summed E-state index contributed by atoms with van der Waals surface area (Å²) < 4.78 is 0. The average Bonchev–Trinajstić information content (AvgIpc) is 2.74. The second kappa shape index (κ2) is 28.6. The minimum atomic E-state index is -0.954. The van der Waals surface area contributed by atoms with Gasteiger partial charge in [0.2, 0.25) is 0 Å². The highest BCUT2D eigenvalue weighted by molar-refractivity contribution is 5.68. The number of carbonyl (C=O) groups is 4. The molecule has 0 heterocycles. The Kier molecular flexibility index (Phi) is 33.1. The van der Waals surface area contributed by atoms with Crippen LogP contribution in [-0.4, -0.2) is 114 Å². The third-order valence-corrected chi connectivity index (χ3v) is 2.91. The van der Waals surface area contributed by atoms with Gasteiger partial charge in [-0.15, -0.1) is 0 Å². The number of aliphatic carboxylic acids is 4. The molecule has 0 aromatic carbocycles. The first-order valence-corrected chi connectivity index (χ1v) is 9.54. The van der Waals surface area contributed by atoms with Crippen LogP contribution in [0, 0.1) is 0 Å². The van der Waals surface area contributed by atoms with Gasteiger partial charge < -0.3 is 51.1 Å². The van der Waals surface area contributed by atoms with Crippen LogP contribution >= 0.6 is 0 Å². The number of hydrogen-bond acceptors (Lipinski definition) is 10. The molecule has 0 unspecified atom stereocenters. The third-order valence-electron chi connectivity index (χ3n) is 2.91. The number of aliphatic hydroxyl groups excluding tert-OH is 6. The summed E-state index contributed by atoms with van der Waals surface area (Å²) in [5.74, 6) is -3.48. The molecule has 0 bridgehead atoms. The van der Waals surface area contributed by atoms with Crippen molar-refractivity contribution >= 4 is 23.9 Å². The maximum Gasteiger partial charge on any atom is 0.303 e. The maximum atomic E-state index is 9.90. The van der Waals surface area contributed by atoms with Gasteiger partial charge in [-0.3, -0.25) is 19.2 Å². The van der Waals surface area contributed by atoms with Crippen molar-refractivity contribution in [3.63, 3.8) is 0 Å². The molecule has 0 amide bonds. The van der Waals surface area contributed by atoms with E-state index in [1.807, 2.05) is 0 Å². The van der Waals surface area contributed by atoms with Gasteiger partial charge in [0.05, 0.1) is 26.4 Å². The lowest BCUT2D eigenvalue weighted by atomic mass is 10.2. The van der Waals surface area contributed by atoms with E-state index < -0.39 is 36.1 Å². The molecule has 192 valence electrons. The molecule has 0 rings (SSSR count). The number of carboxylic acid groups (broad SMARTS) is 4. The Morgan fingerprint density at radius 1 is 0.438 bits per heavy atom. The Balaban J connectivity index is -0.000000168. The summed E-state index contributed by atoms with van der Waals surface area (Å²) in [6.45, 7) is -1.46. The second-order valence-corrected chi connectivity index (χ2v) is 6.03. The summed E-state index contributed by atoms with van der Waals surface area (Å²) in [6.07, 6.45) is 0.128. The van der Waals surface area contributed by atoms with E-state index in [9.17, 15) is 19.2 Å². The van der Waals surface area contributed by atoms with Crippen LogP contribution in [0.25, 0.3) is 0 Å². The van der Waals surface area contributed by atoms with E-state index in [1.165, 1.54) is 0 Å². The predicted molar refractivity (Wildman–Crippen MR) is 108 cm³/mol. The van der Waals surface area contributed by atoms with E-state index in [1.54, 1.807) is 0 Å². The monoisotopic (exact) mass is 476 g/mol. The van der Waals surface area contributed by atoms with E-state index in [0.29, 0.717) is 25.7 Å². The molecular weight excluding hydrogens is 440 g/mol. The van der Waals surface area contributed by atoms with Crippen LogP contribution in [0.5, 0.6) is 0 Å². The summed E-state index contributed by atoms with van der Waals surface area (Å²) >= 11 is 0. The first-order chi connectivity index (χ1) is 14.9. The molecular formula is C18H36O14. The van der Waals surface area contributed by atoms with Gasteiger partial charge in [0, 0.05) is 25.7 Å². The SMILES string of the molecule is O=C(O)CCCCC(=O)O.O=C(O)CCCCC(=O)O.OCC(O)CO.OCC(O)CO. The van der Waals surface area contributed by atoms with Crippen molar-refractivity contribution in [2.75, 3.05) is 26.4 Å². The Labute approximate surface area is 185 Å². The van der Waals surface area contributed by atoms with Crippen LogP contribution in [-0.2, 0) is 19.2 Å². The molecule has 10 N–H and O–H groups in total. The zero-order chi connectivity index (χ0) is 25.9. The molecule has 0 aliphatic heterocycles. The Bertz CT molecular complexity index is 387. The molecule has 14 nitrogen and oxygen atoms in total. The molecule has 0 fully saturated rings. The van der Waals surface area contributed by atoms with Crippen molar-refractivity contribution in [3.8, 4) is 0 Å². The predicted octanol–water partition coefficient (Wildman–Crippen LogP) is -1.90. The Morgan fingerprint density at radius 3 is 0.656 bits per heavy atom. The number of unbranched alkanes of at least 4 members (excludes halogenated alkanes) is 2. The van der Waals surface area contributed by atoms with Crippen molar-refractivity contribution in [2.24, 2.45) is 0 Å². The molecule has 0 spiro atoms. The van der Waals surface area contributed by atoms with Gasteiger partial charge in [-0.25, -0.2) is 0 Å². The standard InChI is InChI=1S/2C6H10O4.2C3H8O3/c2*7-5(8)3-1-2-4-6(9)10;2*4-1-3(6)2-5/h2*1-4H2,(H,7,8)(H,9,10);2*3-6H,1-2H2. The summed E-state index contributed by atoms with van der Waals surface area (Å²) in [5, 5.41) is 80.6. The number of rotatable bonds is 14. The molecule has 32 heavy (non-hydrogen) atoms. The van der Waals surface area contributed by atoms with E-state index >= 15 is 0 Å². The molecule has 0 aliphatic rings. The van der Waals surface area contributed by atoms with Crippen LogP contribution in [0.3, 0.4) is 0 Å². The fraction of sp³-hybridized carbons (Fsp3) is 0.778. The minimum absolute atomic E-state index is 0.0628. The van der Waals surface area contributed by atoms with Crippen LogP contribution in [0.1, 0.15) is 51.4 Å². The quantitative estimate of drug-likeness (QED) is 0.123. The fourth-order valence-corrected chi connectivity index (χ4v) is 1.22. The summed E-state index contributed by atoms with van der Waals surface area (Å²) in [7, 11) is 0. The second-order valence-electron chi connectivity index (χ2n) is 6.03. The lowest BCUT2D eigenvalue weighted by Crippen LogP contribution is -2.15. The van der Waals surface area contributed by atoms with Gasteiger partial charge in [0.1, 0.15) is 12.2 Å². The highest BCUT2D eigenvalue weighted by Crippen LogP contribution is 1.99. The first kappa shape index (κ1) is 37.0. The van der Waals surface area contributed by atoms with Gasteiger partial charge in [0.25, 0.3) is 0 Å². The zero-order valence-electron chi connectivity index (χ0n) is 17.7.